The highest BCUT2D eigenvalue weighted by molar-refractivity contribution is 5.85. The third-order valence-electron chi connectivity index (χ3n) is 2.84. The molecule has 0 radical (unpaired) electrons. The lowest BCUT2D eigenvalue weighted by Gasteiger charge is -2.12. The minimum atomic E-state index is -0.739. The van der Waals surface area contributed by atoms with Crippen molar-refractivity contribution < 1.29 is 15.1 Å². The van der Waals surface area contributed by atoms with Crippen LogP contribution in [0.2, 0.25) is 0 Å². The molecule has 1 aromatic carbocycles. The van der Waals surface area contributed by atoms with E-state index < -0.39 is 22.1 Å². The van der Waals surface area contributed by atoms with Crippen LogP contribution >= 0.6 is 12.4 Å². The van der Waals surface area contributed by atoms with Crippen LogP contribution in [0.15, 0.2) is 12.1 Å². The monoisotopic (exact) mass is 290 g/mol. The molecule has 1 rings (SSSR count). The first-order valence-corrected chi connectivity index (χ1v) is 5.93. The van der Waals surface area contributed by atoms with Crippen molar-refractivity contribution in [2.45, 2.75) is 38.6 Å². The molecule has 0 unspecified atom stereocenters. The highest BCUT2D eigenvalue weighted by Crippen LogP contribution is 2.37. The standard InChI is InChI=1S/C12H18N2O4.ClH/c1-2-3-4-5-9(13)8-6-10(14(17)18)12(16)11(15)7-8;/h6-7,9,15-16H,2-5,13H2,1H3;1H/t9-;/m0./s1. The zero-order valence-electron chi connectivity index (χ0n) is 10.7. The predicted octanol–water partition coefficient (Wildman–Crippen LogP) is 3.01. The van der Waals surface area contributed by atoms with Crippen molar-refractivity contribution in [2.24, 2.45) is 5.73 Å². The summed E-state index contributed by atoms with van der Waals surface area (Å²) >= 11 is 0. The normalized spacial score (nSPS) is 11.7. The molecule has 19 heavy (non-hydrogen) atoms. The lowest BCUT2D eigenvalue weighted by Crippen LogP contribution is -2.10. The maximum atomic E-state index is 10.7. The van der Waals surface area contributed by atoms with Gasteiger partial charge in [0, 0.05) is 12.1 Å². The van der Waals surface area contributed by atoms with E-state index in [1.54, 1.807) is 0 Å². The molecule has 7 heteroatoms. The van der Waals surface area contributed by atoms with Gasteiger partial charge in [0.15, 0.2) is 5.75 Å². The van der Waals surface area contributed by atoms with Crippen molar-refractivity contribution in [3.63, 3.8) is 0 Å². The summed E-state index contributed by atoms with van der Waals surface area (Å²) < 4.78 is 0. The fourth-order valence-corrected chi connectivity index (χ4v) is 1.76. The van der Waals surface area contributed by atoms with E-state index in [1.165, 1.54) is 12.1 Å². The fourth-order valence-electron chi connectivity index (χ4n) is 1.76. The Morgan fingerprint density at radius 2 is 2.00 bits per heavy atom. The van der Waals surface area contributed by atoms with Crippen LogP contribution < -0.4 is 5.73 Å². The molecule has 6 nitrogen and oxygen atoms in total. The van der Waals surface area contributed by atoms with Gasteiger partial charge < -0.3 is 15.9 Å². The van der Waals surface area contributed by atoms with Crippen LogP contribution in [0.5, 0.6) is 11.5 Å². The molecule has 1 atom stereocenters. The number of hydrogen-bond donors (Lipinski definition) is 3. The van der Waals surface area contributed by atoms with E-state index in [0.717, 1.165) is 19.3 Å². The van der Waals surface area contributed by atoms with Gasteiger partial charge in [-0.1, -0.05) is 26.2 Å². The van der Waals surface area contributed by atoms with Crippen LogP contribution in [0.4, 0.5) is 5.69 Å². The smallest absolute Gasteiger partial charge is 0.314 e. The number of phenols is 2. The Balaban J connectivity index is 0.00000324. The Morgan fingerprint density at radius 1 is 1.37 bits per heavy atom. The van der Waals surface area contributed by atoms with E-state index in [0.29, 0.717) is 12.0 Å². The van der Waals surface area contributed by atoms with E-state index in [2.05, 4.69) is 6.92 Å². The molecule has 0 bridgehead atoms. The summed E-state index contributed by atoms with van der Waals surface area (Å²) in [5, 5.41) is 29.5. The second-order valence-corrected chi connectivity index (χ2v) is 4.27. The van der Waals surface area contributed by atoms with Crippen molar-refractivity contribution >= 4 is 18.1 Å². The number of rotatable bonds is 6. The third kappa shape index (κ3) is 4.57. The summed E-state index contributed by atoms with van der Waals surface area (Å²) in [6.45, 7) is 2.07. The van der Waals surface area contributed by atoms with E-state index in [9.17, 15) is 20.3 Å². The van der Waals surface area contributed by atoms with Crippen LogP contribution in [0.1, 0.15) is 44.2 Å². The van der Waals surface area contributed by atoms with Crippen LogP contribution in [0, 0.1) is 10.1 Å². The second-order valence-electron chi connectivity index (χ2n) is 4.27. The molecule has 4 N–H and O–H groups in total. The summed E-state index contributed by atoms with van der Waals surface area (Å²) in [5.74, 6) is -1.23. The van der Waals surface area contributed by atoms with Gasteiger partial charge in [-0.3, -0.25) is 10.1 Å². The third-order valence-corrected chi connectivity index (χ3v) is 2.84. The summed E-state index contributed by atoms with van der Waals surface area (Å²) in [6.07, 6.45) is 3.72. The Labute approximate surface area is 117 Å². The first kappa shape index (κ1) is 17.5. The van der Waals surface area contributed by atoms with Crippen LogP contribution in [-0.2, 0) is 0 Å². The van der Waals surface area contributed by atoms with Gasteiger partial charge in [0.2, 0.25) is 5.75 Å². The molecule has 0 heterocycles. The average Bonchev–Trinajstić information content (AvgIpc) is 2.32. The van der Waals surface area contributed by atoms with Crippen molar-refractivity contribution in [3.8, 4) is 11.5 Å². The molecule has 0 aliphatic carbocycles. The minimum Gasteiger partial charge on any atom is -0.504 e. The largest absolute Gasteiger partial charge is 0.504 e. The van der Waals surface area contributed by atoms with Gasteiger partial charge in [0.1, 0.15) is 0 Å². The van der Waals surface area contributed by atoms with Crippen LogP contribution in [0.3, 0.4) is 0 Å². The minimum absolute atomic E-state index is 0. The highest BCUT2D eigenvalue weighted by atomic mass is 35.5. The van der Waals surface area contributed by atoms with Gasteiger partial charge in [0.05, 0.1) is 4.92 Å². The van der Waals surface area contributed by atoms with Crippen LogP contribution in [0.25, 0.3) is 0 Å². The number of nitrogens with zero attached hydrogens (tertiary/aromatic N) is 1. The number of halogens is 1. The maximum absolute atomic E-state index is 10.7. The number of nitrogens with two attached hydrogens (primary N) is 1. The van der Waals surface area contributed by atoms with E-state index in [1.807, 2.05) is 0 Å². The molecule has 0 aromatic heterocycles. The molecule has 0 saturated heterocycles. The van der Waals surface area contributed by atoms with Gasteiger partial charge in [-0.25, -0.2) is 0 Å². The van der Waals surface area contributed by atoms with Gasteiger partial charge in [-0.15, -0.1) is 12.4 Å². The molecule has 0 aliphatic rings. The summed E-state index contributed by atoms with van der Waals surface area (Å²) in [7, 11) is 0. The first-order valence-electron chi connectivity index (χ1n) is 5.93. The molecule has 0 spiro atoms. The maximum Gasteiger partial charge on any atom is 0.314 e. The van der Waals surface area contributed by atoms with Gasteiger partial charge in [0.25, 0.3) is 0 Å². The molecular formula is C12H19ClN2O4. The van der Waals surface area contributed by atoms with Crippen molar-refractivity contribution in [1.29, 1.82) is 0 Å². The Kier molecular flexibility index (Phi) is 7.18. The molecule has 0 saturated carbocycles. The zero-order valence-corrected chi connectivity index (χ0v) is 11.5. The van der Waals surface area contributed by atoms with E-state index in [4.69, 9.17) is 5.73 Å². The van der Waals surface area contributed by atoms with Crippen LogP contribution in [-0.4, -0.2) is 15.1 Å². The number of phenolic OH excluding ortho intramolecular Hbond substituents is 2. The molecule has 0 aliphatic heterocycles. The van der Waals surface area contributed by atoms with Crippen molar-refractivity contribution in [1.82, 2.24) is 0 Å². The summed E-state index contributed by atoms with van der Waals surface area (Å²) in [4.78, 5) is 9.96. The Bertz CT molecular complexity index is 440. The predicted molar refractivity (Wildman–Crippen MR) is 74.7 cm³/mol. The fraction of sp³-hybridized carbons (Fsp3) is 0.500. The first-order chi connectivity index (χ1) is 8.47. The summed E-state index contributed by atoms with van der Waals surface area (Å²) in [6, 6.07) is 2.12. The number of nitro benzene ring substituents is 1. The van der Waals surface area contributed by atoms with Gasteiger partial charge >= 0.3 is 5.69 Å². The number of aromatic hydroxyl groups is 2. The van der Waals surface area contributed by atoms with E-state index >= 15 is 0 Å². The quantitative estimate of drug-likeness (QED) is 0.323. The second kappa shape index (κ2) is 7.81. The van der Waals surface area contributed by atoms with Gasteiger partial charge in [-0.2, -0.15) is 0 Å². The Hall–Kier alpha value is -1.53. The molecule has 108 valence electrons. The lowest BCUT2D eigenvalue weighted by atomic mass is 10.00. The molecule has 1 aromatic rings. The number of nitro groups is 1. The summed E-state index contributed by atoms with van der Waals surface area (Å²) in [5.41, 5.74) is 5.86. The molecule has 0 fully saturated rings. The molecular weight excluding hydrogens is 272 g/mol. The Morgan fingerprint density at radius 3 is 2.53 bits per heavy atom. The van der Waals surface area contributed by atoms with Crippen molar-refractivity contribution in [2.75, 3.05) is 0 Å². The number of hydrogen-bond acceptors (Lipinski definition) is 5. The number of benzene rings is 1. The SMILES string of the molecule is CCCCC[C@H](N)c1cc(O)c(O)c([N+](=O)[O-])c1.Cl. The van der Waals surface area contributed by atoms with Gasteiger partial charge in [-0.05, 0) is 18.1 Å². The topological polar surface area (TPSA) is 110 Å². The molecule has 0 amide bonds. The highest BCUT2D eigenvalue weighted by Gasteiger charge is 2.20. The lowest BCUT2D eigenvalue weighted by molar-refractivity contribution is -0.386. The van der Waals surface area contributed by atoms with E-state index in [-0.39, 0.29) is 18.4 Å². The number of unbranched alkanes of at least 4 members (excludes halogenated alkanes) is 2. The van der Waals surface area contributed by atoms with Crippen molar-refractivity contribution in [3.05, 3.63) is 27.8 Å². The average molecular weight is 291 g/mol. The zero-order chi connectivity index (χ0) is 13.7.